The Balaban J connectivity index is 0.844. The van der Waals surface area contributed by atoms with Gasteiger partial charge in [0.25, 0.3) is 0 Å². The molecule has 10 heteroatoms. The van der Waals surface area contributed by atoms with E-state index >= 15 is 0 Å². The van der Waals surface area contributed by atoms with E-state index in [4.69, 9.17) is 28.7 Å². The highest BCUT2D eigenvalue weighted by atomic mass is 17.3. The first kappa shape index (κ1) is 38.8. The molecule has 0 amide bonds. The average molecular weight is 766 g/mol. The molecule has 5 aliphatic carbocycles. The minimum Gasteiger partial charge on any atom is -0.462 e. The van der Waals surface area contributed by atoms with Crippen molar-refractivity contribution < 1.29 is 43.7 Å². The molecule has 5 heterocycles. The van der Waals surface area contributed by atoms with Gasteiger partial charge in [-0.05, 0) is 154 Å². The summed E-state index contributed by atoms with van der Waals surface area (Å²) >= 11 is 0. The first-order chi connectivity index (χ1) is 26.3. The first-order valence-corrected chi connectivity index (χ1v) is 22.1. The number of ether oxygens (including phenoxy) is 4. The third-order valence-electron chi connectivity index (χ3n) is 17.9. The molecule has 2 bridgehead atoms. The number of aliphatic hydroxyl groups excluding tert-OH is 2. The molecule has 1 aromatic rings. The highest BCUT2D eigenvalue weighted by Crippen LogP contribution is 2.69. The molecule has 306 valence electrons. The molecule has 0 unspecified atom stereocenters. The maximum Gasteiger partial charge on any atom is 0.339 e. The zero-order valence-corrected chi connectivity index (χ0v) is 34.1. The van der Waals surface area contributed by atoms with Crippen LogP contribution in [0.1, 0.15) is 135 Å². The van der Waals surface area contributed by atoms with Gasteiger partial charge in [0.1, 0.15) is 0 Å². The highest BCUT2D eigenvalue weighted by Gasteiger charge is 2.70. The molecule has 1 aromatic heterocycles. The Bertz CT molecular complexity index is 1560. The van der Waals surface area contributed by atoms with E-state index in [1.165, 1.54) is 12.6 Å². The number of carbonyl (C=O) groups excluding carboxylic acids is 1. The van der Waals surface area contributed by atoms with E-state index in [1.807, 2.05) is 6.92 Å². The number of hydrogen-bond donors (Lipinski definition) is 2. The van der Waals surface area contributed by atoms with Crippen LogP contribution < -0.4 is 0 Å². The predicted octanol–water partition coefficient (Wildman–Crippen LogP) is 7.85. The number of carbonyl (C=O) groups is 1. The van der Waals surface area contributed by atoms with Crippen molar-refractivity contribution in [2.24, 2.45) is 70.0 Å². The summed E-state index contributed by atoms with van der Waals surface area (Å²) in [5.41, 5.74) is -0.301. The third kappa shape index (κ3) is 6.11. The minimum atomic E-state index is -0.806. The van der Waals surface area contributed by atoms with Crippen LogP contribution in [0.25, 0.3) is 0 Å². The monoisotopic (exact) mass is 765 g/mol. The van der Waals surface area contributed by atoms with Crippen LogP contribution in [0.4, 0.5) is 0 Å². The van der Waals surface area contributed by atoms with Gasteiger partial charge in [-0.1, -0.05) is 34.6 Å². The van der Waals surface area contributed by atoms with Gasteiger partial charge in [-0.3, -0.25) is 4.98 Å². The number of aliphatic hydroxyl groups is 2. The number of pyridine rings is 1. The van der Waals surface area contributed by atoms with Crippen LogP contribution >= 0.6 is 0 Å². The Hall–Kier alpha value is -1.66. The lowest BCUT2D eigenvalue weighted by Crippen LogP contribution is -2.70. The second-order valence-corrected chi connectivity index (χ2v) is 20.4. The Kier molecular flexibility index (Phi) is 10.1. The molecule has 55 heavy (non-hydrogen) atoms. The van der Waals surface area contributed by atoms with Gasteiger partial charge in [-0.25, -0.2) is 14.6 Å². The lowest BCUT2D eigenvalue weighted by molar-refractivity contribution is -0.578. The van der Waals surface area contributed by atoms with Crippen LogP contribution in [0.5, 0.6) is 0 Å². The van der Waals surface area contributed by atoms with Gasteiger partial charge >= 0.3 is 5.97 Å². The molecule has 2 N–H and O–H groups in total. The van der Waals surface area contributed by atoms with Gasteiger partial charge < -0.3 is 29.2 Å². The molecule has 4 aliphatic heterocycles. The maximum absolute atomic E-state index is 12.4. The molecule has 5 saturated carbocycles. The van der Waals surface area contributed by atoms with E-state index in [0.29, 0.717) is 47.7 Å². The summed E-state index contributed by atoms with van der Waals surface area (Å²) in [7, 11) is 0. The normalized spacial score (nSPS) is 51.9. The first-order valence-electron chi connectivity index (χ1n) is 22.1. The summed E-state index contributed by atoms with van der Waals surface area (Å²) in [6, 6.07) is 3.47. The summed E-state index contributed by atoms with van der Waals surface area (Å²) in [6.45, 7) is 14.1. The number of fused-ring (bicyclic) bond motifs is 7. The zero-order valence-electron chi connectivity index (χ0n) is 34.1. The zero-order chi connectivity index (χ0) is 38.5. The summed E-state index contributed by atoms with van der Waals surface area (Å²) in [6.07, 6.45) is 13.9. The number of hydrogen-bond acceptors (Lipinski definition) is 10. The molecule has 10 nitrogen and oxygen atoms in total. The van der Waals surface area contributed by atoms with Crippen LogP contribution in [-0.2, 0) is 28.7 Å². The Morgan fingerprint density at radius 3 is 2.58 bits per heavy atom. The van der Waals surface area contributed by atoms with Crippen molar-refractivity contribution in [3.05, 3.63) is 30.1 Å². The van der Waals surface area contributed by atoms with Crippen molar-refractivity contribution in [1.82, 2.24) is 4.98 Å². The molecule has 1 spiro atoms. The largest absolute Gasteiger partial charge is 0.462 e. The molecular formula is C45H67NO9. The van der Waals surface area contributed by atoms with E-state index in [-0.39, 0.29) is 59.0 Å². The fourth-order valence-corrected chi connectivity index (χ4v) is 14.8. The summed E-state index contributed by atoms with van der Waals surface area (Å²) in [5.74, 6) is 1.97. The van der Waals surface area contributed by atoms with Gasteiger partial charge in [-0.2, -0.15) is 0 Å². The van der Waals surface area contributed by atoms with Crippen LogP contribution in [0, 0.1) is 70.0 Å². The second-order valence-electron chi connectivity index (χ2n) is 20.4. The van der Waals surface area contributed by atoms with Crippen molar-refractivity contribution >= 4 is 5.97 Å². The second kappa shape index (κ2) is 14.3. The van der Waals surface area contributed by atoms with Gasteiger partial charge in [0.2, 0.25) is 5.79 Å². The minimum absolute atomic E-state index is 0.0487. The van der Waals surface area contributed by atoms with Gasteiger partial charge in [0.15, 0.2) is 18.2 Å². The van der Waals surface area contributed by atoms with Gasteiger partial charge in [0, 0.05) is 30.7 Å². The van der Waals surface area contributed by atoms with E-state index in [9.17, 15) is 15.0 Å². The molecule has 0 aromatic carbocycles. The number of nitrogens with zero attached hydrogens (tertiary/aromatic N) is 1. The predicted molar refractivity (Wildman–Crippen MR) is 203 cm³/mol. The van der Waals surface area contributed by atoms with Crippen LogP contribution in [-0.4, -0.2) is 70.1 Å². The smallest absolute Gasteiger partial charge is 0.339 e. The quantitative estimate of drug-likeness (QED) is 0.117. The Morgan fingerprint density at radius 1 is 0.964 bits per heavy atom. The molecule has 4 saturated heterocycles. The lowest BCUT2D eigenvalue weighted by atomic mass is 9.43. The van der Waals surface area contributed by atoms with Crippen molar-refractivity contribution in [3.63, 3.8) is 0 Å². The highest BCUT2D eigenvalue weighted by molar-refractivity contribution is 5.88. The van der Waals surface area contributed by atoms with Crippen LogP contribution in [0.15, 0.2) is 24.5 Å². The molecular weight excluding hydrogens is 698 g/mol. The molecule has 0 radical (unpaired) electrons. The lowest BCUT2D eigenvalue weighted by Gasteiger charge is -2.64. The molecule has 9 fully saturated rings. The maximum atomic E-state index is 12.4. The fourth-order valence-electron chi connectivity index (χ4n) is 14.8. The van der Waals surface area contributed by atoms with Crippen molar-refractivity contribution in [1.29, 1.82) is 0 Å². The molecule has 19 atom stereocenters. The number of rotatable bonds is 8. The summed E-state index contributed by atoms with van der Waals surface area (Å²) < 4.78 is 26.0. The molecule has 10 rings (SSSR count). The third-order valence-corrected chi connectivity index (χ3v) is 17.9. The van der Waals surface area contributed by atoms with Crippen LogP contribution in [0.3, 0.4) is 0 Å². The Morgan fingerprint density at radius 2 is 1.78 bits per heavy atom. The average Bonchev–Trinajstić information content (AvgIpc) is 3.37. The van der Waals surface area contributed by atoms with Gasteiger partial charge in [0.05, 0.1) is 30.5 Å². The summed E-state index contributed by atoms with van der Waals surface area (Å²) in [5, 5.41) is 24.3. The van der Waals surface area contributed by atoms with E-state index < -0.39 is 23.8 Å². The van der Waals surface area contributed by atoms with E-state index in [0.717, 1.165) is 77.0 Å². The Labute approximate surface area is 328 Å². The van der Waals surface area contributed by atoms with E-state index in [2.05, 4.69) is 39.6 Å². The van der Waals surface area contributed by atoms with Crippen molar-refractivity contribution in [3.8, 4) is 0 Å². The topological polar surface area (TPSA) is 126 Å². The summed E-state index contributed by atoms with van der Waals surface area (Å²) in [4.78, 5) is 28.9. The molecule has 9 aliphatic rings. The SMILES string of the molecule is C[C@H]1[C@@H](O[C@@H]2CC[C@@]3(C)[C@@H](C2)C[C@@H](O)[C@@H]2[C@@H]3C[C@H](O)[C@]3(C)[C@@H]([C@H](C)CCCOC(=O)c4cccnc4)CC[C@@H]23)O[C@@H]2O[C@]3(C)CC[C@H]4[C@H](C)CC[C@@H]1[C@@]24OO3. The van der Waals surface area contributed by atoms with Crippen LogP contribution in [0.2, 0.25) is 0 Å². The fraction of sp³-hybridized carbons (Fsp3) is 0.867. The van der Waals surface area contributed by atoms with E-state index in [1.54, 1.807) is 18.3 Å². The number of aromatic nitrogens is 1. The van der Waals surface area contributed by atoms with Crippen molar-refractivity contribution in [2.45, 2.75) is 167 Å². The number of esters is 1. The standard InChI is InChI=1S/C45H67NO9/c1-25(9-8-20-50-39(49)28-10-7-19-46-24-28)31-13-14-34-38-35(23-37(48)44(31,34)6)42(4)17-15-30(21-29(42)22-36(38)47)51-40-27(3)33-12-11-26(2)32-16-18-43(5)53-41(52-40)45(32,33)55-54-43/h7,10,19,24-27,29-38,40-41,47-48H,8-9,11-18,20-23H2,1-6H3/t25-,26-,27-,29+,30-,31-,32+,33+,34+,35+,36-,37+,38+,40+,41-,42+,43+,44-,45-/m1/s1. The van der Waals surface area contributed by atoms with Gasteiger partial charge in [-0.15, -0.1) is 0 Å². The van der Waals surface area contributed by atoms with Crippen molar-refractivity contribution in [2.75, 3.05) is 6.61 Å².